The standard InChI is InChI=1S/C20H25N/c1-4-15-9-5-8-12-18(15)21-19-13-14-20(2,3)17-11-7-6-10-16(17)19/h5-12,19,21H,4,13-14H2,1-3H3. The topological polar surface area (TPSA) is 12.0 Å². The highest BCUT2D eigenvalue weighted by atomic mass is 14.9. The predicted molar refractivity (Wildman–Crippen MR) is 90.9 cm³/mol. The van der Waals surface area contributed by atoms with Gasteiger partial charge in [0, 0.05) is 5.69 Å². The normalized spacial score (nSPS) is 19.9. The third kappa shape index (κ3) is 2.70. The Hall–Kier alpha value is -1.76. The van der Waals surface area contributed by atoms with E-state index in [9.17, 15) is 0 Å². The van der Waals surface area contributed by atoms with E-state index in [1.165, 1.54) is 35.2 Å². The van der Waals surface area contributed by atoms with Crippen LogP contribution in [0.3, 0.4) is 0 Å². The molecule has 0 aliphatic heterocycles. The van der Waals surface area contributed by atoms with Gasteiger partial charge in [0.25, 0.3) is 0 Å². The van der Waals surface area contributed by atoms with Crippen LogP contribution in [0.1, 0.15) is 56.3 Å². The second kappa shape index (κ2) is 5.55. The van der Waals surface area contributed by atoms with E-state index in [-0.39, 0.29) is 0 Å². The zero-order valence-corrected chi connectivity index (χ0v) is 13.3. The summed E-state index contributed by atoms with van der Waals surface area (Å²) < 4.78 is 0. The summed E-state index contributed by atoms with van der Waals surface area (Å²) in [5.74, 6) is 0. The molecule has 0 heterocycles. The third-order valence-electron chi connectivity index (χ3n) is 4.85. The molecule has 0 bridgehead atoms. The van der Waals surface area contributed by atoms with Crippen LogP contribution in [0.4, 0.5) is 5.69 Å². The minimum Gasteiger partial charge on any atom is -0.378 e. The summed E-state index contributed by atoms with van der Waals surface area (Å²) in [6.45, 7) is 6.95. The SMILES string of the molecule is CCc1ccccc1NC1CCC(C)(C)c2ccccc21. The van der Waals surface area contributed by atoms with E-state index < -0.39 is 0 Å². The van der Waals surface area contributed by atoms with E-state index in [2.05, 4.69) is 74.6 Å². The summed E-state index contributed by atoms with van der Waals surface area (Å²) in [4.78, 5) is 0. The number of aryl methyl sites for hydroxylation is 1. The van der Waals surface area contributed by atoms with Gasteiger partial charge in [-0.05, 0) is 47.4 Å². The molecule has 0 aromatic heterocycles. The Bertz CT molecular complexity index is 627. The van der Waals surface area contributed by atoms with Crippen molar-refractivity contribution >= 4 is 5.69 Å². The molecule has 21 heavy (non-hydrogen) atoms. The van der Waals surface area contributed by atoms with Crippen molar-refractivity contribution in [3.05, 3.63) is 65.2 Å². The fourth-order valence-corrected chi connectivity index (χ4v) is 3.52. The number of para-hydroxylation sites is 1. The Morgan fingerprint density at radius 3 is 2.57 bits per heavy atom. The number of hydrogen-bond donors (Lipinski definition) is 1. The molecule has 0 saturated carbocycles. The van der Waals surface area contributed by atoms with Crippen molar-refractivity contribution in [2.24, 2.45) is 0 Å². The minimum absolute atomic E-state index is 0.291. The lowest BCUT2D eigenvalue weighted by Crippen LogP contribution is -2.29. The highest BCUT2D eigenvalue weighted by molar-refractivity contribution is 5.54. The summed E-state index contributed by atoms with van der Waals surface area (Å²) >= 11 is 0. The molecule has 1 N–H and O–H groups in total. The van der Waals surface area contributed by atoms with Crippen LogP contribution in [0.2, 0.25) is 0 Å². The molecule has 1 aliphatic carbocycles. The molecule has 1 heteroatoms. The zero-order chi connectivity index (χ0) is 14.9. The fourth-order valence-electron chi connectivity index (χ4n) is 3.52. The van der Waals surface area contributed by atoms with Crippen molar-refractivity contribution in [1.29, 1.82) is 0 Å². The molecule has 3 rings (SSSR count). The Balaban J connectivity index is 1.94. The van der Waals surface area contributed by atoms with Crippen molar-refractivity contribution in [2.45, 2.75) is 51.5 Å². The maximum Gasteiger partial charge on any atom is 0.0517 e. The molecule has 0 amide bonds. The van der Waals surface area contributed by atoms with Gasteiger partial charge in [0.15, 0.2) is 0 Å². The fraction of sp³-hybridized carbons (Fsp3) is 0.400. The zero-order valence-electron chi connectivity index (χ0n) is 13.3. The van der Waals surface area contributed by atoms with Gasteiger partial charge in [-0.2, -0.15) is 0 Å². The molecular formula is C20H25N. The first-order chi connectivity index (χ1) is 10.1. The number of benzene rings is 2. The summed E-state index contributed by atoms with van der Waals surface area (Å²) in [6, 6.07) is 18.0. The van der Waals surface area contributed by atoms with E-state index in [1.54, 1.807) is 0 Å². The Kier molecular flexibility index (Phi) is 3.75. The van der Waals surface area contributed by atoms with Gasteiger partial charge in [-0.15, -0.1) is 0 Å². The van der Waals surface area contributed by atoms with Crippen molar-refractivity contribution in [2.75, 3.05) is 5.32 Å². The van der Waals surface area contributed by atoms with Crippen molar-refractivity contribution < 1.29 is 0 Å². The molecule has 1 unspecified atom stereocenters. The second-order valence-electron chi connectivity index (χ2n) is 6.72. The van der Waals surface area contributed by atoms with E-state index in [4.69, 9.17) is 0 Å². The number of rotatable bonds is 3. The Morgan fingerprint density at radius 1 is 1.05 bits per heavy atom. The lowest BCUT2D eigenvalue weighted by atomic mass is 9.71. The summed E-state index contributed by atoms with van der Waals surface area (Å²) in [5.41, 5.74) is 5.96. The van der Waals surface area contributed by atoms with E-state index in [0.29, 0.717) is 11.5 Å². The van der Waals surface area contributed by atoms with Crippen molar-refractivity contribution in [1.82, 2.24) is 0 Å². The van der Waals surface area contributed by atoms with Gasteiger partial charge in [-0.1, -0.05) is 63.2 Å². The minimum atomic E-state index is 0.291. The molecule has 1 atom stereocenters. The third-order valence-corrected chi connectivity index (χ3v) is 4.85. The highest BCUT2D eigenvalue weighted by Crippen LogP contribution is 2.42. The monoisotopic (exact) mass is 279 g/mol. The molecular weight excluding hydrogens is 254 g/mol. The molecule has 2 aromatic rings. The second-order valence-corrected chi connectivity index (χ2v) is 6.72. The molecule has 0 fully saturated rings. The van der Waals surface area contributed by atoms with Crippen LogP contribution < -0.4 is 5.32 Å². The van der Waals surface area contributed by atoms with Crippen LogP contribution >= 0.6 is 0 Å². The number of nitrogens with one attached hydrogen (secondary N) is 1. The quantitative estimate of drug-likeness (QED) is 0.785. The molecule has 0 saturated heterocycles. The molecule has 0 spiro atoms. The van der Waals surface area contributed by atoms with Gasteiger partial charge in [0.05, 0.1) is 6.04 Å². The van der Waals surface area contributed by atoms with E-state index >= 15 is 0 Å². The summed E-state index contributed by atoms with van der Waals surface area (Å²) in [6.07, 6.45) is 3.50. The van der Waals surface area contributed by atoms with Gasteiger partial charge >= 0.3 is 0 Å². The summed E-state index contributed by atoms with van der Waals surface area (Å²) in [7, 11) is 0. The predicted octanol–water partition coefficient (Wildman–Crippen LogP) is 5.47. The van der Waals surface area contributed by atoms with Crippen molar-refractivity contribution in [3.63, 3.8) is 0 Å². The van der Waals surface area contributed by atoms with Crippen LogP contribution in [-0.2, 0) is 11.8 Å². The van der Waals surface area contributed by atoms with Crippen molar-refractivity contribution in [3.8, 4) is 0 Å². The van der Waals surface area contributed by atoms with Crippen LogP contribution in [-0.4, -0.2) is 0 Å². The molecule has 1 aliphatic rings. The van der Waals surface area contributed by atoms with Gasteiger partial charge in [0.2, 0.25) is 0 Å². The average Bonchev–Trinajstić information content (AvgIpc) is 2.51. The molecule has 1 nitrogen and oxygen atoms in total. The largest absolute Gasteiger partial charge is 0.378 e. The first-order valence-corrected chi connectivity index (χ1v) is 8.05. The Morgan fingerprint density at radius 2 is 1.76 bits per heavy atom. The first kappa shape index (κ1) is 14.2. The molecule has 2 aromatic carbocycles. The Labute approximate surface area is 128 Å². The van der Waals surface area contributed by atoms with Gasteiger partial charge in [0.1, 0.15) is 0 Å². The van der Waals surface area contributed by atoms with E-state index in [1.807, 2.05) is 0 Å². The molecule has 110 valence electrons. The van der Waals surface area contributed by atoms with Gasteiger partial charge in [-0.25, -0.2) is 0 Å². The number of hydrogen-bond acceptors (Lipinski definition) is 1. The first-order valence-electron chi connectivity index (χ1n) is 8.05. The van der Waals surface area contributed by atoms with Crippen LogP contribution in [0.25, 0.3) is 0 Å². The lowest BCUT2D eigenvalue weighted by Gasteiger charge is -2.38. The molecule has 0 radical (unpaired) electrons. The van der Waals surface area contributed by atoms with Crippen LogP contribution in [0.15, 0.2) is 48.5 Å². The summed E-state index contributed by atoms with van der Waals surface area (Å²) in [5, 5.41) is 3.79. The number of anilines is 1. The highest BCUT2D eigenvalue weighted by Gasteiger charge is 2.32. The van der Waals surface area contributed by atoms with Gasteiger partial charge in [-0.3, -0.25) is 0 Å². The number of fused-ring (bicyclic) bond motifs is 1. The van der Waals surface area contributed by atoms with Gasteiger partial charge < -0.3 is 5.32 Å². The maximum absolute atomic E-state index is 3.79. The van der Waals surface area contributed by atoms with Crippen LogP contribution in [0.5, 0.6) is 0 Å². The maximum atomic E-state index is 3.79. The van der Waals surface area contributed by atoms with Crippen LogP contribution in [0, 0.1) is 0 Å². The van der Waals surface area contributed by atoms with E-state index in [0.717, 1.165) is 6.42 Å². The average molecular weight is 279 g/mol. The smallest absolute Gasteiger partial charge is 0.0517 e. The lowest BCUT2D eigenvalue weighted by molar-refractivity contribution is 0.406.